The Balaban J connectivity index is 2.24. The van der Waals surface area contributed by atoms with E-state index >= 15 is 0 Å². The van der Waals surface area contributed by atoms with Gasteiger partial charge in [0.25, 0.3) is 0 Å². The summed E-state index contributed by atoms with van der Waals surface area (Å²) in [6.07, 6.45) is 3.37. The Bertz CT molecular complexity index is 433. The molecule has 1 aliphatic heterocycles. The number of benzene rings is 1. The van der Waals surface area contributed by atoms with Gasteiger partial charge < -0.3 is 15.4 Å². The van der Waals surface area contributed by atoms with E-state index in [1.165, 1.54) is 16.8 Å². The fraction of sp³-hybridized carbons (Fsp3) is 0.647. The summed E-state index contributed by atoms with van der Waals surface area (Å²) in [5.41, 5.74) is 10.2. The molecule has 0 amide bonds. The van der Waals surface area contributed by atoms with E-state index in [1.807, 2.05) is 0 Å². The van der Waals surface area contributed by atoms with Crippen LogP contribution in [-0.4, -0.2) is 31.8 Å². The number of hydrogen-bond donors (Lipinski definition) is 1. The Morgan fingerprint density at radius 3 is 3.00 bits per heavy atom. The molecule has 2 unspecified atom stereocenters. The zero-order valence-corrected chi connectivity index (χ0v) is 13.1. The molecule has 1 fully saturated rings. The lowest BCUT2D eigenvalue weighted by Crippen LogP contribution is -2.32. The average Bonchev–Trinajstić information content (AvgIpc) is 2.63. The van der Waals surface area contributed by atoms with E-state index in [0.29, 0.717) is 6.10 Å². The molecule has 112 valence electrons. The van der Waals surface area contributed by atoms with Gasteiger partial charge >= 0.3 is 0 Å². The molecule has 1 saturated heterocycles. The molecule has 0 radical (unpaired) electrons. The molecule has 2 atom stereocenters. The van der Waals surface area contributed by atoms with Crippen molar-refractivity contribution in [3.05, 3.63) is 29.3 Å². The highest BCUT2D eigenvalue weighted by Crippen LogP contribution is 2.25. The van der Waals surface area contributed by atoms with Crippen molar-refractivity contribution in [2.45, 2.75) is 52.2 Å². The van der Waals surface area contributed by atoms with Crippen LogP contribution in [-0.2, 0) is 11.2 Å². The summed E-state index contributed by atoms with van der Waals surface area (Å²) < 4.78 is 5.75. The maximum Gasteiger partial charge on any atom is 0.0721 e. The fourth-order valence-electron chi connectivity index (χ4n) is 2.83. The largest absolute Gasteiger partial charge is 0.377 e. The smallest absolute Gasteiger partial charge is 0.0721 e. The summed E-state index contributed by atoms with van der Waals surface area (Å²) in [5.74, 6) is 0. The minimum atomic E-state index is 0.246. The third kappa shape index (κ3) is 3.97. The highest BCUT2D eigenvalue weighted by atomic mass is 16.5. The van der Waals surface area contributed by atoms with Gasteiger partial charge in [0.05, 0.1) is 6.10 Å². The predicted molar refractivity (Wildman–Crippen MR) is 85.4 cm³/mol. The van der Waals surface area contributed by atoms with Gasteiger partial charge in [0, 0.05) is 31.4 Å². The van der Waals surface area contributed by atoms with E-state index in [2.05, 4.69) is 43.9 Å². The molecule has 0 bridgehead atoms. The van der Waals surface area contributed by atoms with Gasteiger partial charge in [-0.25, -0.2) is 0 Å². The monoisotopic (exact) mass is 276 g/mol. The fourth-order valence-corrected chi connectivity index (χ4v) is 2.83. The van der Waals surface area contributed by atoms with Crippen molar-refractivity contribution < 1.29 is 4.74 Å². The molecule has 1 heterocycles. The van der Waals surface area contributed by atoms with Crippen molar-refractivity contribution in [3.8, 4) is 0 Å². The molecular weight excluding hydrogens is 248 g/mol. The van der Waals surface area contributed by atoms with Crippen LogP contribution in [0.4, 0.5) is 5.69 Å². The van der Waals surface area contributed by atoms with E-state index in [1.54, 1.807) is 0 Å². The third-order valence-corrected chi connectivity index (χ3v) is 4.03. The lowest BCUT2D eigenvalue weighted by molar-refractivity contribution is 0.0821. The quantitative estimate of drug-likeness (QED) is 0.919. The first-order chi connectivity index (χ1) is 9.60. The highest BCUT2D eigenvalue weighted by molar-refractivity contribution is 5.55. The molecule has 3 nitrogen and oxygen atoms in total. The summed E-state index contributed by atoms with van der Waals surface area (Å²) in [5, 5.41) is 0. The molecule has 2 rings (SSSR count). The first kappa shape index (κ1) is 15.3. The van der Waals surface area contributed by atoms with Crippen molar-refractivity contribution in [2.24, 2.45) is 5.73 Å². The SMILES string of the molecule is CCC(N)Cc1cc(C)ccc1N1CCCOC(C)C1. The Morgan fingerprint density at radius 1 is 1.45 bits per heavy atom. The number of anilines is 1. The van der Waals surface area contributed by atoms with Crippen LogP contribution in [0.15, 0.2) is 18.2 Å². The highest BCUT2D eigenvalue weighted by Gasteiger charge is 2.18. The second-order valence-electron chi connectivity index (χ2n) is 5.99. The molecule has 0 saturated carbocycles. The van der Waals surface area contributed by atoms with Crippen molar-refractivity contribution in [1.82, 2.24) is 0 Å². The number of nitrogens with zero attached hydrogens (tertiary/aromatic N) is 1. The maximum absolute atomic E-state index is 6.17. The van der Waals surface area contributed by atoms with E-state index in [4.69, 9.17) is 10.5 Å². The second-order valence-corrected chi connectivity index (χ2v) is 5.99. The Kier molecular flexibility index (Phi) is 5.44. The topological polar surface area (TPSA) is 38.5 Å². The van der Waals surface area contributed by atoms with Crippen LogP contribution in [0.1, 0.15) is 37.8 Å². The van der Waals surface area contributed by atoms with Gasteiger partial charge in [-0.15, -0.1) is 0 Å². The molecule has 20 heavy (non-hydrogen) atoms. The molecular formula is C17H28N2O. The van der Waals surface area contributed by atoms with Crippen LogP contribution in [0.2, 0.25) is 0 Å². The number of rotatable bonds is 4. The van der Waals surface area contributed by atoms with Gasteiger partial charge in [-0.2, -0.15) is 0 Å². The van der Waals surface area contributed by atoms with Gasteiger partial charge in [-0.05, 0) is 44.7 Å². The molecule has 1 aromatic carbocycles. The van der Waals surface area contributed by atoms with Gasteiger partial charge in [-0.1, -0.05) is 24.6 Å². The van der Waals surface area contributed by atoms with E-state index in [-0.39, 0.29) is 6.04 Å². The number of aryl methyl sites for hydroxylation is 1. The van der Waals surface area contributed by atoms with Crippen LogP contribution >= 0.6 is 0 Å². The lowest BCUT2D eigenvalue weighted by Gasteiger charge is -2.28. The number of nitrogens with two attached hydrogens (primary N) is 1. The van der Waals surface area contributed by atoms with Crippen molar-refractivity contribution in [1.29, 1.82) is 0 Å². The van der Waals surface area contributed by atoms with Crippen LogP contribution < -0.4 is 10.6 Å². The molecule has 1 aromatic rings. The van der Waals surface area contributed by atoms with Crippen LogP contribution in [0, 0.1) is 6.92 Å². The Hall–Kier alpha value is -1.06. The summed E-state index contributed by atoms with van der Waals surface area (Å²) >= 11 is 0. The minimum absolute atomic E-state index is 0.246. The van der Waals surface area contributed by atoms with Gasteiger partial charge in [0.15, 0.2) is 0 Å². The standard InChI is InChI=1S/C17H28N2O/c1-4-16(18)11-15-10-13(2)6-7-17(15)19-8-5-9-20-14(3)12-19/h6-7,10,14,16H,4-5,8-9,11-12,18H2,1-3H3. The average molecular weight is 276 g/mol. The van der Waals surface area contributed by atoms with Crippen molar-refractivity contribution in [3.63, 3.8) is 0 Å². The number of hydrogen-bond acceptors (Lipinski definition) is 3. The predicted octanol–water partition coefficient (Wildman–Crippen LogP) is 2.89. The van der Waals surface area contributed by atoms with Gasteiger partial charge in [-0.3, -0.25) is 0 Å². The molecule has 1 aliphatic rings. The van der Waals surface area contributed by atoms with Crippen molar-refractivity contribution >= 4 is 5.69 Å². The zero-order valence-electron chi connectivity index (χ0n) is 13.1. The second kappa shape index (κ2) is 7.09. The van der Waals surface area contributed by atoms with E-state index in [9.17, 15) is 0 Å². The summed E-state index contributed by atoms with van der Waals surface area (Å²) in [6.45, 7) is 9.37. The number of ether oxygens (including phenoxy) is 1. The normalized spacial score (nSPS) is 21.6. The lowest BCUT2D eigenvalue weighted by atomic mass is 10.00. The van der Waals surface area contributed by atoms with Crippen LogP contribution in [0.25, 0.3) is 0 Å². The van der Waals surface area contributed by atoms with Crippen molar-refractivity contribution in [2.75, 3.05) is 24.6 Å². The maximum atomic E-state index is 6.17. The summed E-state index contributed by atoms with van der Waals surface area (Å²) in [7, 11) is 0. The Labute approximate surface area is 123 Å². The van der Waals surface area contributed by atoms with Crippen LogP contribution in [0.3, 0.4) is 0 Å². The molecule has 2 N–H and O–H groups in total. The van der Waals surface area contributed by atoms with Gasteiger partial charge in [0.1, 0.15) is 0 Å². The van der Waals surface area contributed by atoms with E-state index in [0.717, 1.165) is 39.0 Å². The zero-order chi connectivity index (χ0) is 14.5. The van der Waals surface area contributed by atoms with Gasteiger partial charge in [0.2, 0.25) is 0 Å². The van der Waals surface area contributed by atoms with E-state index < -0.39 is 0 Å². The van der Waals surface area contributed by atoms with Crippen LogP contribution in [0.5, 0.6) is 0 Å². The first-order valence-electron chi connectivity index (χ1n) is 7.81. The molecule has 0 spiro atoms. The minimum Gasteiger partial charge on any atom is -0.377 e. The summed E-state index contributed by atoms with van der Waals surface area (Å²) in [6, 6.07) is 7.00. The first-order valence-corrected chi connectivity index (χ1v) is 7.81. The summed E-state index contributed by atoms with van der Waals surface area (Å²) in [4.78, 5) is 2.47. The molecule has 0 aromatic heterocycles. The Morgan fingerprint density at radius 2 is 2.25 bits per heavy atom. The third-order valence-electron chi connectivity index (χ3n) is 4.03. The molecule has 3 heteroatoms. The molecule has 0 aliphatic carbocycles.